The third-order valence-electron chi connectivity index (χ3n) is 0.718. The molecule has 0 saturated heterocycles. The molecule has 0 aromatic carbocycles. The van der Waals surface area contributed by atoms with E-state index in [1.807, 2.05) is 0 Å². The topological polar surface area (TPSA) is 40.7 Å². The molecule has 0 saturated carbocycles. The molecule has 0 fully saturated rings. The maximum atomic E-state index is 4.83. The van der Waals surface area contributed by atoms with E-state index < -0.39 is 0 Å². The average Bonchev–Trinajstić information content (AvgIpc) is 1.66. The molecule has 2 N–H and O–H groups in total. The van der Waals surface area contributed by atoms with Gasteiger partial charge in [-0.2, -0.15) is 0 Å². The van der Waals surface area contributed by atoms with Crippen molar-refractivity contribution in [2.24, 2.45) is 0 Å². The molecule has 0 aromatic heterocycles. The molecule has 0 unspecified atom stereocenters. The van der Waals surface area contributed by atoms with Crippen LogP contribution in [0.15, 0.2) is 0 Å². The van der Waals surface area contributed by atoms with Gasteiger partial charge >= 0.3 is 0 Å². The zero-order valence-corrected chi connectivity index (χ0v) is 9.98. The van der Waals surface area contributed by atoms with Crippen LogP contribution in [-0.2, 0) is 17.4 Å². The Morgan fingerprint density at radius 3 is 2.40 bits per heavy atom. The summed E-state index contributed by atoms with van der Waals surface area (Å²) in [6.45, 7) is 2.77. The Morgan fingerprint density at radius 1 is 1.60 bits per heavy atom. The second kappa shape index (κ2) is 12.6. The molecule has 0 aliphatic heterocycles. The van der Waals surface area contributed by atoms with Gasteiger partial charge in [0.25, 0.3) is 0 Å². The summed E-state index contributed by atoms with van der Waals surface area (Å²) in [7, 11) is 0. The Balaban J connectivity index is -0.000000245. The predicted molar refractivity (Wildman–Crippen MR) is 50.2 cm³/mol. The van der Waals surface area contributed by atoms with Gasteiger partial charge in [0.2, 0.25) is 0 Å². The van der Waals surface area contributed by atoms with Crippen LogP contribution in [0.2, 0.25) is 0 Å². The van der Waals surface area contributed by atoms with Gasteiger partial charge in [-0.1, -0.05) is 13.3 Å². The Kier molecular flexibility index (Phi) is 21.5. The van der Waals surface area contributed by atoms with E-state index >= 15 is 0 Å². The Labute approximate surface area is 89.9 Å². The first-order valence-corrected chi connectivity index (χ1v) is 3.42. The molecule has 3 radical (unpaired) electrons. The summed E-state index contributed by atoms with van der Waals surface area (Å²) in [5, 5.41) is 0. The normalized spacial score (nSPS) is 6.90. The van der Waals surface area contributed by atoms with Gasteiger partial charge in [0.05, 0.1) is 6.61 Å². The first kappa shape index (κ1) is 17.1. The minimum atomic E-state index is 0. The van der Waals surface area contributed by atoms with E-state index in [0.29, 0.717) is 6.61 Å². The van der Waals surface area contributed by atoms with Gasteiger partial charge < -0.3 is 35.1 Å². The van der Waals surface area contributed by atoms with Gasteiger partial charge in [0, 0.05) is 28.8 Å². The molecule has 0 bridgehead atoms. The van der Waals surface area contributed by atoms with E-state index in [4.69, 9.17) is 4.74 Å². The minimum absolute atomic E-state index is 0. The van der Waals surface area contributed by atoms with E-state index in [1.54, 1.807) is 0 Å². The summed E-state index contributed by atoms with van der Waals surface area (Å²) < 4.78 is 5.06. The summed E-state index contributed by atoms with van der Waals surface area (Å²) in [5.41, 5.74) is 0. The van der Waals surface area contributed by atoms with Crippen LogP contribution in [0.5, 0.6) is 0 Å². The molecule has 0 aliphatic rings. The first-order chi connectivity index (χ1) is 3.77. The largest absolute Gasteiger partial charge is 0.514 e. The second-order valence-corrected chi connectivity index (χ2v) is 2.45. The molecule has 0 aliphatic carbocycles. The number of rotatable bonds is 3. The van der Waals surface area contributed by atoms with E-state index in [0.717, 1.165) is 12.8 Å². The fourth-order valence-corrected chi connectivity index (χ4v) is 0.467. The summed E-state index contributed by atoms with van der Waals surface area (Å²) >= 11 is 9.00. The standard InChI is InChI=1S/C5H10OS2.H2O.Sb/c1-2-3-4-6-5(7)8;;/h2-4H2,1H3,(H,7,8);1H2;/p-1. The SMILES string of the molecule is CCCCOC(=S)[S-].O.[Sb]. The zero-order valence-electron chi connectivity index (χ0n) is 5.79. The van der Waals surface area contributed by atoms with Crippen molar-refractivity contribution in [1.29, 1.82) is 0 Å². The van der Waals surface area contributed by atoms with Crippen LogP contribution < -0.4 is 0 Å². The smallest absolute Gasteiger partial charge is 0.0858 e. The van der Waals surface area contributed by atoms with Gasteiger partial charge in [-0.3, -0.25) is 0 Å². The molecular weight excluding hydrogens is 278 g/mol. The van der Waals surface area contributed by atoms with Crippen molar-refractivity contribution in [1.82, 2.24) is 0 Å². The Bertz CT molecular complexity index is 80.0. The van der Waals surface area contributed by atoms with E-state index in [-0.39, 0.29) is 34.3 Å². The van der Waals surface area contributed by atoms with Crippen LogP contribution in [0.4, 0.5) is 0 Å². The van der Waals surface area contributed by atoms with Crippen molar-refractivity contribution in [2.75, 3.05) is 6.61 Å². The van der Waals surface area contributed by atoms with Gasteiger partial charge in [0.1, 0.15) is 0 Å². The van der Waals surface area contributed by atoms with Crippen LogP contribution in [0.1, 0.15) is 19.8 Å². The van der Waals surface area contributed by atoms with Crippen molar-refractivity contribution < 1.29 is 10.2 Å². The second-order valence-electron chi connectivity index (χ2n) is 1.45. The van der Waals surface area contributed by atoms with Crippen molar-refractivity contribution in [3.63, 3.8) is 0 Å². The van der Waals surface area contributed by atoms with Gasteiger partial charge in [-0.25, -0.2) is 0 Å². The van der Waals surface area contributed by atoms with Gasteiger partial charge in [0.15, 0.2) is 0 Å². The van der Waals surface area contributed by atoms with Crippen molar-refractivity contribution >= 4 is 53.7 Å². The van der Waals surface area contributed by atoms with Crippen molar-refractivity contribution in [3.8, 4) is 0 Å². The van der Waals surface area contributed by atoms with Gasteiger partial charge in [-0.15, -0.1) is 0 Å². The number of unbranched alkanes of at least 4 members (excludes halogenated alkanes) is 1. The van der Waals surface area contributed by atoms with Crippen LogP contribution in [-0.4, -0.2) is 40.9 Å². The quantitative estimate of drug-likeness (QED) is 0.327. The fourth-order valence-electron chi connectivity index (χ4n) is 0.300. The molecule has 0 rings (SSSR count). The molecule has 0 atom stereocenters. The first-order valence-electron chi connectivity index (χ1n) is 2.61. The number of hydrogen-bond donors (Lipinski definition) is 0. The molecule has 5 heteroatoms. The summed E-state index contributed by atoms with van der Waals surface area (Å²) in [6.07, 6.45) is 2.16. The average molecular weight is 289 g/mol. The molecule has 0 heterocycles. The molecule has 10 heavy (non-hydrogen) atoms. The van der Waals surface area contributed by atoms with Crippen LogP contribution in [0, 0.1) is 0 Å². The molecule has 0 amide bonds. The molecule has 0 aromatic rings. The predicted octanol–water partition coefficient (Wildman–Crippen LogP) is 0.429. The van der Waals surface area contributed by atoms with Crippen molar-refractivity contribution in [3.05, 3.63) is 0 Å². The minimum Gasteiger partial charge on any atom is -0.514 e. The number of ether oxygens (including phenoxy) is 1. The van der Waals surface area contributed by atoms with E-state index in [9.17, 15) is 0 Å². The van der Waals surface area contributed by atoms with Crippen LogP contribution >= 0.6 is 12.2 Å². The molecular formula is C5H11O2S2Sb-. The van der Waals surface area contributed by atoms with Crippen LogP contribution in [0.3, 0.4) is 0 Å². The van der Waals surface area contributed by atoms with Crippen LogP contribution in [0.25, 0.3) is 0 Å². The maximum Gasteiger partial charge on any atom is 0.0858 e. The maximum absolute atomic E-state index is 4.83. The third kappa shape index (κ3) is 16.0. The molecule has 2 nitrogen and oxygen atoms in total. The Hall–Kier alpha value is 0.888. The summed E-state index contributed by atoms with van der Waals surface area (Å²) in [4.78, 5) is 0. The fraction of sp³-hybridized carbons (Fsp3) is 0.800. The van der Waals surface area contributed by atoms with Crippen molar-refractivity contribution in [2.45, 2.75) is 19.8 Å². The third-order valence-corrected chi connectivity index (χ3v) is 0.954. The Morgan fingerprint density at radius 2 is 2.10 bits per heavy atom. The van der Waals surface area contributed by atoms with Gasteiger partial charge in [-0.05, 0) is 6.42 Å². The monoisotopic (exact) mass is 288 g/mol. The van der Waals surface area contributed by atoms with E-state index in [2.05, 4.69) is 31.8 Å². The number of thiocarbonyl (C=S) groups is 1. The van der Waals surface area contributed by atoms with E-state index in [1.165, 1.54) is 0 Å². The molecule has 61 valence electrons. The number of hydrogen-bond acceptors (Lipinski definition) is 3. The zero-order chi connectivity index (χ0) is 6.41. The molecule has 0 spiro atoms. The summed E-state index contributed by atoms with van der Waals surface area (Å²) in [6, 6.07) is 0. The summed E-state index contributed by atoms with van der Waals surface area (Å²) in [5.74, 6) is 0.